The van der Waals surface area contributed by atoms with Crippen molar-refractivity contribution >= 4 is 11.6 Å². The summed E-state index contributed by atoms with van der Waals surface area (Å²) in [5.74, 6) is -0.951. The Morgan fingerprint density at radius 2 is 2.19 bits per heavy atom. The predicted molar refractivity (Wildman–Crippen MR) is 58.6 cm³/mol. The highest BCUT2D eigenvalue weighted by atomic mass is 35.5. The maximum Gasteiger partial charge on any atom is 0.129 e. The highest BCUT2D eigenvalue weighted by Crippen LogP contribution is 2.25. The highest BCUT2D eigenvalue weighted by Gasteiger charge is 2.24. The molecule has 0 N–H and O–H groups in total. The van der Waals surface area contributed by atoms with Gasteiger partial charge in [-0.3, -0.25) is 0 Å². The Morgan fingerprint density at radius 1 is 1.38 bits per heavy atom. The zero-order valence-electron chi connectivity index (χ0n) is 8.76. The van der Waals surface area contributed by atoms with E-state index in [0.717, 1.165) is 12.5 Å². The first-order valence-electron chi connectivity index (χ1n) is 5.32. The molecule has 88 valence electrons. The molecule has 0 radical (unpaired) electrons. The molecular formula is C12H13ClF2O. The third-order valence-electron chi connectivity index (χ3n) is 2.88. The van der Waals surface area contributed by atoms with Gasteiger partial charge >= 0.3 is 0 Å². The Morgan fingerprint density at radius 3 is 2.88 bits per heavy atom. The Labute approximate surface area is 98.4 Å². The second-order valence-electron chi connectivity index (χ2n) is 4.08. The standard InChI is InChI=1S/C12H13ClF2O/c13-11-3-4-16-7-9(11)5-8-1-2-10(14)6-12(8)15/h1-2,6,9,11H,3-5,7H2. The molecule has 2 unspecified atom stereocenters. The first-order valence-corrected chi connectivity index (χ1v) is 5.76. The topological polar surface area (TPSA) is 9.23 Å². The molecule has 1 aliphatic heterocycles. The van der Waals surface area contributed by atoms with Gasteiger partial charge in [-0.1, -0.05) is 6.07 Å². The molecule has 1 aromatic rings. The number of halogens is 3. The molecule has 2 rings (SSSR count). The highest BCUT2D eigenvalue weighted by molar-refractivity contribution is 6.20. The summed E-state index contributed by atoms with van der Waals surface area (Å²) in [6, 6.07) is 3.65. The summed E-state index contributed by atoms with van der Waals surface area (Å²) < 4.78 is 31.4. The van der Waals surface area contributed by atoms with Crippen LogP contribution >= 0.6 is 11.6 Å². The Balaban J connectivity index is 2.07. The summed E-state index contributed by atoms with van der Waals surface area (Å²) >= 11 is 6.14. The van der Waals surface area contributed by atoms with Gasteiger partial charge in [0.15, 0.2) is 0 Å². The van der Waals surface area contributed by atoms with Crippen LogP contribution in [0.3, 0.4) is 0 Å². The molecular weight excluding hydrogens is 234 g/mol. The van der Waals surface area contributed by atoms with Crippen LogP contribution in [0, 0.1) is 17.6 Å². The van der Waals surface area contributed by atoms with Crippen LogP contribution in [0.15, 0.2) is 18.2 Å². The van der Waals surface area contributed by atoms with Crippen molar-refractivity contribution in [1.29, 1.82) is 0 Å². The fraction of sp³-hybridized carbons (Fsp3) is 0.500. The van der Waals surface area contributed by atoms with E-state index in [9.17, 15) is 8.78 Å². The average molecular weight is 247 g/mol. The molecule has 0 saturated carbocycles. The van der Waals surface area contributed by atoms with Crippen molar-refractivity contribution in [2.75, 3.05) is 13.2 Å². The number of ether oxygens (including phenoxy) is 1. The summed E-state index contributed by atoms with van der Waals surface area (Å²) in [4.78, 5) is 0. The second kappa shape index (κ2) is 5.11. The van der Waals surface area contributed by atoms with E-state index in [0.29, 0.717) is 25.2 Å². The SMILES string of the molecule is Fc1ccc(CC2COCCC2Cl)c(F)c1. The summed E-state index contributed by atoms with van der Waals surface area (Å²) in [7, 11) is 0. The molecule has 0 aromatic heterocycles. The maximum absolute atomic E-state index is 13.4. The molecule has 0 aliphatic carbocycles. The minimum absolute atomic E-state index is 0.0122. The Kier molecular flexibility index (Phi) is 3.77. The lowest BCUT2D eigenvalue weighted by molar-refractivity contribution is 0.0575. The zero-order valence-corrected chi connectivity index (χ0v) is 9.51. The molecule has 2 atom stereocenters. The molecule has 1 aliphatic rings. The van der Waals surface area contributed by atoms with Gasteiger partial charge in [0.05, 0.1) is 6.61 Å². The van der Waals surface area contributed by atoms with Crippen LogP contribution in [0.4, 0.5) is 8.78 Å². The van der Waals surface area contributed by atoms with Crippen LogP contribution in [0.1, 0.15) is 12.0 Å². The largest absolute Gasteiger partial charge is 0.381 e. The molecule has 1 heterocycles. The molecule has 1 nitrogen and oxygen atoms in total. The van der Waals surface area contributed by atoms with Crippen LogP contribution in [0.2, 0.25) is 0 Å². The summed E-state index contributed by atoms with van der Waals surface area (Å²) in [5.41, 5.74) is 0.502. The van der Waals surface area contributed by atoms with Crippen LogP contribution in [0.25, 0.3) is 0 Å². The monoisotopic (exact) mass is 246 g/mol. The van der Waals surface area contributed by atoms with Gasteiger partial charge in [-0.25, -0.2) is 8.78 Å². The van der Waals surface area contributed by atoms with Gasteiger partial charge in [-0.05, 0) is 24.5 Å². The third-order valence-corrected chi connectivity index (χ3v) is 3.45. The van der Waals surface area contributed by atoms with Crippen LogP contribution in [-0.4, -0.2) is 18.6 Å². The van der Waals surface area contributed by atoms with Crippen molar-refractivity contribution in [3.8, 4) is 0 Å². The smallest absolute Gasteiger partial charge is 0.129 e. The lowest BCUT2D eigenvalue weighted by Gasteiger charge is -2.27. The van der Waals surface area contributed by atoms with E-state index in [-0.39, 0.29) is 11.3 Å². The van der Waals surface area contributed by atoms with Gasteiger partial charge in [-0.2, -0.15) is 0 Å². The van der Waals surface area contributed by atoms with Crippen molar-refractivity contribution in [3.05, 3.63) is 35.4 Å². The van der Waals surface area contributed by atoms with E-state index in [2.05, 4.69) is 0 Å². The van der Waals surface area contributed by atoms with E-state index in [1.54, 1.807) is 0 Å². The van der Waals surface area contributed by atoms with Gasteiger partial charge < -0.3 is 4.74 Å². The third kappa shape index (κ3) is 2.71. The maximum atomic E-state index is 13.4. The van der Waals surface area contributed by atoms with E-state index < -0.39 is 11.6 Å². The first kappa shape index (κ1) is 11.8. The second-order valence-corrected chi connectivity index (χ2v) is 4.64. The number of hydrogen-bond donors (Lipinski definition) is 0. The van der Waals surface area contributed by atoms with Crippen molar-refractivity contribution in [1.82, 2.24) is 0 Å². The van der Waals surface area contributed by atoms with Crippen LogP contribution in [0.5, 0.6) is 0 Å². The Bertz CT molecular complexity index is 370. The van der Waals surface area contributed by atoms with Gasteiger partial charge in [0.1, 0.15) is 11.6 Å². The lowest BCUT2D eigenvalue weighted by Crippen LogP contribution is -2.29. The number of benzene rings is 1. The Hall–Kier alpha value is -0.670. The van der Waals surface area contributed by atoms with Crippen LogP contribution in [-0.2, 0) is 11.2 Å². The van der Waals surface area contributed by atoms with Crippen molar-refractivity contribution in [3.63, 3.8) is 0 Å². The number of rotatable bonds is 2. The molecule has 0 amide bonds. The summed E-state index contributed by atoms with van der Waals surface area (Å²) in [6.07, 6.45) is 1.29. The summed E-state index contributed by atoms with van der Waals surface area (Å²) in [6.45, 7) is 1.21. The predicted octanol–water partition coefficient (Wildman–Crippen LogP) is 3.15. The van der Waals surface area contributed by atoms with E-state index >= 15 is 0 Å². The summed E-state index contributed by atoms with van der Waals surface area (Å²) in [5, 5.41) is 0.0122. The quantitative estimate of drug-likeness (QED) is 0.729. The van der Waals surface area contributed by atoms with Gasteiger partial charge in [0.25, 0.3) is 0 Å². The van der Waals surface area contributed by atoms with Gasteiger partial charge in [-0.15, -0.1) is 11.6 Å². The molecule has 1 saturated heterocycles. The fourth-order valence-electron chi connectivity index (χ4n) is 1.93. The molecule has 0 bridgehead atoms. The molecule has 4 heteroatoms. The van der Waals surface area contributed by atoms with Crippen molar-refractivity contribution in [2.24, 2.45) is 5.92 Å². The molecule has 16 heavy (non-hydrogen) atoms. The van der Waals surface area contributed by atoms with Gasteiger partial charge in [0, 0.05) is 24.0 Å². The molecule has 0 spiro atoms. The van der Waals surface area contributed by atoms with E-state index in [4.69, 9.17) is 16.3 Å². The van der Waals surface area contributed by atoms with Crippen molar-refractivity contribution in [2.45, 2.75) is 18.2 Å². The normalized spacial score (nSPS) is 25.7. The van der Waals surface area contributed by atoms with Crippen LogP contribution < -0.4 is 0 Å². The molecule has 1 aromatic carbocycles. The lowest BCUT2D eigenvalue weighted by atomic mass is 9.93. The minimum atomic E-state index is -0.552. The number of hydrogen-bond acceptors (Lipinski definition) is 1. The number of alkyl halides is 1. The van der Waals surface area contributed by atoms with Crippen molar-refractivity contribution < 1.29 is 13.5 Å². The average Bonchev–Trinajstić information content (AvgIpc) is 2.25. The van der Waals surface area contributed by atoms with E-state index in [1.165, 1.54) is 12.1 Å². The minimum Gasteiger partial charge on any atom is -0.381 e. The van der Waals surface area contributed by atoms with E-state index in [1.807, 2.05) is 0 Å². The fourth-order valence-corrected chi connectivity index (χ4v) is 2.18. The zero-order chi connectivity index (χ0) is 11.5. The van der Waals surface area contributed by atoms with Gasteiger partial charge in [0.2, 0.25) is 0 Å². The molecule has 1 fully saturated rings. The first-order chi connectivity index (χ1) is 7.66.